The van der Waals surface area contributed by atoms with Crippen LogP contribution in [0.15, 0.2) is 40.8 Å². The average Bonchev–Trinajstić information content (AvgIpc) is 3.19. The summed E-state index contributed by atoms with van der Waals surface area (Å²) in [6, 6.07) is 11.8. The Hall–Kier alpha value is -3.48. The number of nitro groups is 1. The molecular formula is C20H19N5O4. The SMILES string of the molecule is N#Cc1cc(NCc2ccc(CN3CCOCC3)o2)nc2ccc([N+](=O)[O-])cc12. The fourth-order valence-electron chi connectivity index (χ4n) is 3.27. The Kier molecular flexibility index (Phi) is 5.37. The zero-order valence-corrected chi connectivity index (χ0v) is 15.6. The predicted octanol–water partition coefficient (Wildman–Crippen LogP) is 3.05. The number of benzene rings is 1. The van der Waals surface area contributed by atoms with Crippen LogP contribution in [0.1, 0.15) is 17.1 Å². The van der Waals surface area contributed by atoms with E-state index >= 15 is 0 Å². The maximum atomic E-state index is 11.0. The molecule has 0 spiro atoms. The first-order chi connectivity index (χ1) is 14.1. The molecule has 3 aromatic rings. The maximum absolute atomic E-state index is 11.0. The van der Waals surface area contributed by atoms with E-state index in [0.717, 1.165) is 44.4 Å². The number of aromatic nitrogens is 1. The molecular weight excluding hydrogens is 374 g/mol. The van der Waals surface area contributed by atoms with E-state index in [2.05, 4.69) is 21.3 Å². The summed E-state index contributed by atoms with van der Waals surface area (Å²) in [5.41, 5.74) is 0.776. The highest BCUT2D eigenvalue weighted by Gasteiger charge is 2.14. The van der Waals surface area contributed by atoms with Crippen LogP contribution in [0.5, 0.6) is 0 Å². The number of hydrogen-bond acceptors (Lipinski definition) is 8. The van der Waals surface area contributed by atoms with Gasteiger partial charge in [-0.2, -0.15) is 5.26 Å². The fourth-order valence-corrected chi connectivity index (χ4v) is 3.27. The second-order valence-electron chi connectivity index (χ2n) is 6.74. The molecule has 29 heavy (non-hydrogen) atoms. The van der Waals surface area contributed by atoms with Crippen LogP contribution in [0.25, 0.3) is 10.9 Å². The molecule has 0 bridgehead atoms. The van der Waals surface area contributed by atoms with E-state index in [9.17, 15) is 15.4 Å². The van der Waals surface area contributed by atoms with Crippen LogP contribution in [-0.2, 0) is 17.8 Å². The molecule has 9 heteroatoms. The van der Waals surface area contributed by atoms with Gasteiger partial charge in [0.1, 0.15) is 17.3 Å². The molecule has 2 aromatic heterocycles. The van der Waals surface area contributed by atoms with E-state index in [0.29, 0.717) is 28.8 Å². The molecule has 0 unspecified atom stereocenters. The number of ether oxygens (including phenoxy) is 1. The Balaban J connectivity index is 1.46. The van der Waals surface area contributed by atoms with E-state index in [1.807, 2.05) is 12.1 Å². The van der Waals surface area contributed by atoms with Gasteiger partial charge in [-0.25, -0.2) is 4.98 Å². The third kappa shape index (κ3) is 4.34. The Morgan fingerprint density at radius 1 is 1.21 bits per heavy atom. The molecule has 1 fully saturated rings. The summed E-state index contributed by atoms with van der Waals surface area (Å²) in [5.74, 6) is 2.16. The first kappa shape index (κ1) is 18.9. The number of furan rings is 1. The van der Waals surface area contributed by atoms with Crippen LogP contribution < -0.4 is 5.32 Å². The third-order valence-corrected chi connectivity index (χ3v) is 4.77. The van der Waals surface area contributed by atoms with Crippen LogP contribution in [0, 0.1) is 21.4 Å². The molecule has 1 saturated heterocycles. The van der Waals surface area contributed by atoms with Crippen molar-refractivity contribution in [2.75, 3.05) is 31.6 Å². The maximum Gasteiger partial charge on any atom is 0.270 e. The molecule has 3 heterocycles. The van der Waals surface area contributed by atoms with Crippen molar-refractivity contribution in [2.24, 2.45) is 0 Å². The van der Waals surface area contributed by atoms with Gasteiger partial charge in [0.2, 0.25) is 0 Å². The number of morpholine rings is 1. The molecule has 1 aliphatic heterocycles. The largest absolute Gasteiger partial charge is 0.463 e. The van der Waals surface area contributed by atoms with Crippen LogP contribution in [0.2, 0.25) is 0 Å². The van der Waals surface area contributed by atoms with Gasteiger partial charge in [0.15, 0.2) is 0 Å². The number of nitriles is 1. The van der Waals surface area contributed by atoms with Crippen LogP contribution in [0.4, 0.5) is 11.5 Å². The van der Waals surface area contributed by atoms with Crippen molar-refractivity contribution >= 4 is 22.4 Å². The fraction of sp³-hybridized carbons (Fsp3) is 0.300. The van der Waals surface area contributed by atoms with Gasteiger partial charge in [0.05, 0.1) is 48.4 Å². The quantitative estimate of drug-likeness (QED) is 0.501. The number of nitro benzene ring substituents is 1. The molecule has 0 saturated carbocycles. The van der Waals surface area contributed by atoms with Gasteiger partial charge in [0, 0.05) is 30.6 Å². The first-order valence-corrected chi connectivity index (χ1v) is 9.23. The van der Waals surface area contributed by atoms with Gasteiger partial charge >= 0.3 is 0 Å². The van der Waals surface area contributed by atoms with Crippen molar-refractivity contribution in [1.82, 2.24) is 9.88 Å². The third-order valence-electron chi connectivity index (χ3n) is 4.77. The molecule has 148 valence electrons. The number of non-ortho nitro benzene ring substituents is 1. The number of rotatable bonds is 6. The number of hydrogen-bond donors (Lipinski definition) is 1. The van der Waals surface area contributed by atoms with Gasteiger partial charge in [0.25, 0.3) is 5.69 Å². The standard InChI is InChI=1S/C20H19N5O4/c21-11-14-9-20(23-19-4-1-15(25(26)27)10-18(14)19)22-12-16-2-3-17(29-16)13-24-5-7-28-8-6-24/h1-4,9-10H,5-8,12-13H2,(H,22,23). The summed E-state index contributed by atoms with van der Waals surface area (Å²) >= 11 is 0. The minimum atomic E-state index is -0.488. The smallest absolute Gasteiger partial charge is 0.270 e. The molecule has 4 rings (SSSR count). The van der Waals surface area contributed by atoms with E-state index in [1.54, 1.807) is 12.1 Å². The second-order valence-corrected chi connectivity index (χ2v) is 6.74. The summed E-state index contributed by atoms with van der Waals surface area (Å²) in [6.07, 6.45) is 0. The van der Waals surface area contributed by atoms with Crippen LogP contribution in [-0.4, -0.2) is 41.1 Å². The molecule has 1 aromatic carbocycles. The number of fused-ring (bicyclic) bond motifs is 1. The molecule has 9 nitrogen and oxygen atoms in total. The Bertz CT molecular complexity index is 1080. The van der Waals surface area contributed by atoms with E-state index < -0.39 is 4.92 Å². The van der Waals surface area contributed by atoms with Crippen molar-refractivity contribution in [3.63, 3.8) is 0 Å². The summed E-state index contributed by atoms with van der Waals surface area (Å²) in [4.78, 5) is 17.2. The summed E-state index contributed by atoms with van der Waals surface area (Å²) in [5, 5.41) is 24.0. The summed E-state index contributed by atoms with van der Waals surface area (Å²) < 4.78 is 11.2. The van der Waals surface area contributed by atoms with E-state index in [-0.39, 0.29) is 5.69 Å². The van der Waals surface area contributed by atoms with Gasteiger partial charge in [-0.1, -0.05) is 0 Å². The average molecular weight is 393 g/mol. The van der Waals surface area contributed by atoms with Gasteiger partial charge in [-0.3, -0.25) is 15.0 Å². The number of nitrogens with one attached hydrogen (secondary N) is 1. The van der Waals surface area contributed by atoms with Gasteiger partial charge in [-0.15, -0.1) is 0 Å². The van der Waals surface area contributed by atoms with Gasteiger partial charge < -0.3 is 14.5 Å². The Labute approximate surface area is 166 Å². The normalized spacial score (nSPS) is 14.6. The lowest BCUT2D eigenvalue weighted by molar-refractivity contribution is -0.384. The van der Waals surface area contributed by atoms with Crippen molar-refractivity contribution in [3.8, 4) is 6.07 Å². The van der Waals surface area contributed by atoms with Crippen molar-refractivity contribution in [1.29, 1.82) is 5.26 Å². The van der Waals surface area contributed by atoms with E-state index in [4.69, 9.17) is 9.15 Å². The zero-order valence-electron chi connectivity index (χ0n) is 15.6. The van der Waals surface area contributed by atoms with Crippen molar-refractivity contribution in [2.45, 2.75) is 13.1 Å². The molecule has 0 aliphatic carbocycles. The summed E-state index contributed by atoms with van der Waals surface area (Å²) in [7, 11) is 0. The van der Waals surface area contributed by atoms with Gasteiger partial charge in [-0.05, 0) is 24.3 Å². The Morgan fingerprint density at radius 3 is 2.76 bits per heavy atom. The zero-order chi connectivity index (χ0) is 20.2. The lowest BCUT2D eigenvalue weighted by atomic mass is 10.1. The highest BCUT2D eigenvalue weighted by atomic mass is 16.6. The lowest BCUT2D eigenvalue weighted by Crippen LogP contribution is -2.35. The molecule has 1 N–H and O–H groups in total. The van der Waals surface area contributed by atoms with Crippen molar-refractivity contribution in [3.05, 3.63) is 63.6 Å². The lowest BCUT2D eigenvalue weighted by Gasteiger charge is -2.25. The highest BCUT2D eigenvalue weighted by molar-refractivity contribution is 5.88. The number of anilines is 1. The number of nitrogens with zero attached hydrogens (tertiary/aromatic N) is 4. The topological polar surface area (TPSA) is 117 Å². The first-order valence-electron chi connectivity index (χ1n) is 9.23. The second kappa shape index (κ2) is 8.26. The highest BCUT2D eigenvalue weighted by Crippen LogP contribution is 2.25. The molecule has 0 radical (unpaired) electrons. The number of pyridine rings is 1. The van der Waals surface area contributed by atoms with Crippen LogP contribution >= 0.6 is 0 Å². The monoisotopic (exact) mass is 393 g/mol. The molecule has 0 amide bonds. The minimum Gasteiger partial charge on any atom is -0.463 e. The van der Waals surface area contributed by atoms with E-state index in [1.165, 1.54) is 12.1 Å². The summed E-state index contributed by atoms with van der Waals surface area (Å²) in [6.45, 7) is 4.43. The van der Waals surface area contributed by atoms with Crippen molar-refractivity contribution < 1.29 is 14.1 Å². The molecule has 0 atom stereocenters. The Morgan fingerprint density at radius 2 is 2.00 bits per heavy atom. The van der Waals surface area contributed by atoms with Crippen LogP contribution in [0.3, 0.4) is 0 Å². The minimum absolute atomic E-state index is 0.0695. The molecule has 1 aliphatic rings. The predicted molar refractivity (Wildman–Crippen MR) is 105 cm³/mol.